The zero-order chi connectivity index (χ0) is 15.6. The Morgan fingerprint density at radius 3 is 2.29 bits per heavy atom. The number of aryl methyl sites for hydroxylation is 1. The van der Waals surface area contributed by atoms with Gasteiger partial charge in [0.15, 0.2) is 0 Å². The average Bonchev–Trinajstić information content (AvgIpc) is 2.42. The molecule has 0 atom stereocenters. The number of rotatable bonds is 4. The molecule has 112 valence electrons. The number of halogens is 2. The predicted octanol–water partition coefficient (Wildman–Crippen LogP) is 4.63. The summed E-state index contributed by atoms with van der Waals surface area (Å²) in [4.78, 5) is 0.266. The van der Waals surface area contributed by atoms with Gasteiger partial charge in [-0.15, -0.1) is 0 Å². The lowest BCUT2D eigenvalue weighted by atomic mass is 10.2. The van der Waals surface area contributed by atoms with Crippen LogP contribution >= 0.6 is 27.5 Å². The number of sulfonamides is 1. The van der Waals surface area contributed by atoms with Crippen molar-refractivity contribution in [2.24, 2.45) is 0 Å². The Balaban J connectivity index is 2.51. The second kappa shape index (κ2) is 6.38. The topological polar surface area (TPSA) is 37.4 Å². The van der Waals surface area contributed by atoms with Crippen molar-refractivity contribution in [2.75, 3.05) is 10.8 Å². The van der Waals surface area contributed by atoms with E-state index in [0.29, 0.717) is 17.3 Å². The fourth-order valence-electron chi connectivity index (χ4n) is 2.10. The van der Waals surface area contributed by atoms with E-state index in [1.54, 1.807) is 42.5 Å². The molecule has 0 fully saturated rings. The highest BCUT2D eigenvalue weighted by molar-refractivity contribution is 9.10. The summed E-state index contributed by atoms with van der Waals surface area (Å²) >= 11 is 9.25. The Morgan fingerprint density at radius 2 is 1.76 bits per heavy atom. The minimum absolute atomic E-state index is 0.266. The molecule has 21 heavy (non-hydrogen) atoms. The summed E-state index contributed by atoms with van der Waals surface area (Å²) in [7, 11) is -3.59. The molecule has 0 aliphatic rings. The van der Waals surface area contributed by atoms with E-state index in [2.05, 4.69) is 15.9 Å². The van der Waals surface area contributed by atoms with Crippen molar-refractivity contribution in [1.29, 1.82) is 0 Å². The number of hydrogen-bond acceptors (Lipinski definition) is 2. The third kappa shape index (κ3) is 3.42. The van der Waals surface area contributed by atoms with Crippen LogP contribution in [0.25, 0.3) is 0 Å². The summed E-state index contributed by atoms with van der Waals surface area (Å²) in [5.41, 5.74) is 1.47. The Morgan fingerprint density at radius 1 is 1.14 bits per heavy atom. The van der Waals surface area contributed by atoms with Crippen molar-refractivity contribution in [2.45, 2.75) is 18.7 Å². The highest BCUT2D eigenvalue weighted by Gasteiger charge is 2.24. The number of nitrogens with zero attached hydrogens (tertiary/aromatic N) is 1. The van der Waals surface area contributed by atoms with E-state index in [9.17, 15) is 8.42 Å². The van der Waals surface area contributed by atoms with Gasteiger partial charge in [-0.1, -0.05) is 27.5 Å². The van der Waals surface area contributed by atoms with Gasteiger partial charge >= 0.3 is 0 Å². The largest absolute Gasteiger partial charge is 0.266 e. The molecule has 0 bridgehead atoms. The van der Waals surface area contributed by atoms with Gasteiger partial charge in [0.25, 0.3) is 10.0 Å². The molecule has 0 radical (unpaired) electrons. The van der Waals surface area contributed by atoms with Gasteiger partial charge in [-0.2, -0.15) is 0 Å². The highest BCUT2D eigenvalue weighted by Crippen LogP contribution is 2.29. The van der Waals surface area contributed by atoms with E-state index >= 15 is 0 Å². The zero-order valence-electron chi connectivity index (χ0n) is 11.7. The maximum Gasteiger partial charge on any atom is 0.264 e. The minimum Gasteiger partial charge on any atom is -0.266 e. The number of benzene rings is 2. The molecule has 6 heteroatoms. The van der Waals surface area contributed by atoms with E-state index in [0.717, 1.165) is 10.0 Å². The monoisotopic (exact) mass is 387 g/mol. The lowest BCUT2D eigenvalue weighted by molar-refractivity contribution is 0.591. The maximum absolute atomic E-state index is 12.8. The van der Waals surface area contributed by atoms with E-state index in [1.165, 1.54) is 4.31 Å². The molecule has 0 spiro atoms. The first kappa shape index (κ1) is 16.3. The fraction of sp³-hybridized carbons (Fsp3) is 0.200. The smallest absolute Gasteiger partial charge is 0.264 e. The molecule has 2 aromatic carbocycles. The molecule has 2 aromatic rings. The molecular weight excluding hydrogens is 374 g/mol. The number of hydrogen-bond donors (Lipinski definition) is 0. The Labute approximate surface area is 138 Å². The molecule has 3 nitrogen and oxygen atoms in total. The standard InChI is InChI=1S/C15H15BrClNO2S/c1-3-18(15-9-6-13(17)10-11(15)2)21(19,20)14-7-4-12(16)5-8-14/h4-10H,3H2,1-2H3. The summed E-state index contributed by atoms with van der Waals surface area (Å²) < 4.78 is 27.8. The summed E-state index contributed by atoms with van der Waals surface area (Å²) in [6, 6.07) is 11.8. The van der Waals surface area contributed by atoms with Crippen LogP contribution in [-0.4, -0.2) is 15.0 Å². The first-order valence-electron chi connectivity index (χ1n) is 6.40. The number of anilines is 1. The SMILES string of the molecule is CCN(c1ccc(Cl)cc1C)S(=O)(=O)c1ccc(Br)cc1. The lowest BCUT2D eigenvalue weighted by Gasteiger charge is -2.24. The Hall–Kier alpha value is -1.04. The van der Waals surface area contributed by atoms with Gasteiger partial charge in [-0.05, 0) is 61.9 Å². The van der Waals surface area contributed by atoms with Crippen LogP contribution in [0.4, 0.5) is 5.69 Å². The van der Waals surface area contributed by atoms with Crippen LogP contribution in [0.2, 0.25) is 5.02 Å². The van der Waals surface area contributed by atoms with Crippen LogP contribution in [-0.2, 0) is 10.0 Å². The normalized spacial score (nSPS) is 11.4. The molecular formula is C15H15BrClNO2S. The van der Waals surface area contributed by atoms with Crippen LogP contribution in [0, 0.1) is 6.92 Å². The van der Waals surface area contributed by atoms with Gasteiger partial charge in [0, 0.05) is 16.0 Å². The third-order valence-electron chi connectivity index (χ3n) is 3.12. The van der Waals surface area contributed by atoms with Crippen molar-refractivity contribution >= 4 is 43.2 Å². The van der Waals surface area contributed by atoms with Crippen LogP contribution in [0.3, 0.4) is 0 Å². The molecule has 0 aliphatic heterocycles. The van der Waals surface area contributed by atoms with E-state index in [1.807, 2.05) is 13.8 Å². The lowest BCUT2D eigenvalue weighted by Crippen LogP contribution is -2.31. The second-order valence-corrected chi connectivity index (χ2v) is 7.77. The van der Waals surface area contributed by atoms with Gasteiger partial charge in [0.2, 0.25) is 0 Å². The molecule has 2 rings (SSSR count). The van der Waals surface area contributed by atoms with Gasteiger partial charge < -0.3 is 0 Å². The second-order valence-electron chi connectivity index (χ2n) is 4.55. The summed E-state index contributed by atoms with van der Waals surface area (Å²) in [6.45, 7) is 4.01. The summed E-state index contributed by atoms with van der Waals surface area (Å²) in [5, 5.41) is 0.591. The highest BCUT2D eigenvalue weighted by atomic mass is 79.9. The van der Waals surface area contributed by atoms with Gasteiger partial charge in [0.05, 0.1) is 10.6 Å². The van der Waals surface area contributed by atoms with Crippen LogP contribution in [0.5, 0.6) is 0 Å². The van der Waals surface area contributed by atoms with Crippen LogP contribution < -0.4 is 4.31 Å². The average molecular weight is 389 g/mol. The van der Waals surface area contributed by atoms with Crippen molar-refractivity contribution in [3.8, 4) is 0 Å². The molecule has 0 heterocycles. The van der Waals surface area contributed by atoms with Gasteiger partial charge in [0.1, 0.15) is 0 Å². The van der Waals surface area contributed by atoms with Crippen molar-refractivity contribution in [3.63, 3.8) is 0 Å². The van der Waals surface area contributed by atoms with Gasteiger partial charge in [-0.25, -0.2) is 8.42 Å². The van der Waals surface area contributed by atoms with E-state index in [4.69, 9.17) is 11.6 Å². The Kier molecular flexibility index (Phi) is 4.96. The van der Waals surface area contributed by atoms with Crippen molar-refractivity contribution in [1.82, 2.24) is 0 Å². The van der Waals surface area contributed by atoms with Crippen molar-refractivity contribution in [3.05, 3.63) is 57.5 Å². The zero-order valence-corrected chi connectivity index (χ0v) is 14.8. The Bertz CT molecular complexity index is 745. The minimum atomic E-state index is -3.59. The quantitative estimate of drug-likeness (QED) is 0.766. The summed E-state index contributed by atoms with van der Waals surface area (Å²) in [6.07, 6.45) is 0. The van der Waals surface area contributed by atoms with E-state index < -0.39 is 10.0 Å². The fourth-order valence-corrected chi connectivity index (χ4v) is 4.13. The first-order chi connectivity index (χ1) is 9.86. The molecule has 0 aromatic heterocycles. The van der Waals surface area contributed by atoms with Crippen LogP contribution in [0.1, 0.15) is 12.5 Å². The molecule has 0 saturated carbocycles. The maximum atomic E-state index is 12.8. The predicted molar refractivity (Wildman–Crippen MR) is 90.5 cm³/mol. The first-order valence-corrected chi connectivity index (χ1v) is 9.02. The third-order valence-corrected chi connectivity index (χ3v) is 5.78. The van der Waals surface area contributed by atoms with Gasteiger partial charge in [-0.3, -0.25) is 4.31 Å². The molecule has 0 N–H and O–H groups in total. The molecule has 0 aliphatic carbocycles. The van der Waals surface area contributed by atoms with Crippen molar-refractivity contribution < 1.29 is 8.42 Å². The molecule has 0 amide bonds. The summed E-state index contributed by atoms with van der Waals surface area (Å²) in [5.74, 6) is 0. The van der Waals surface area contributed by atoms with E-state index in [-0.39, 0.29) is 4.90 Å². The molecule has 0 unspecified atom stereocenters. The molecule has 0 saturated heterocycles. The van der Waals surface area contributed by atoms with Crippen LogP contribution in [0.15, 0.2) is 51.8 Å².